The summed E-state index contributed by atoms with van der Waals surface area (Å²) in [5.74, 6) is -2.60. The number of hydrogen-bond donors (Lipinski definition) is 2. The standard InChI is InChI=1S/C31H30F2N6O6S2/c1-6-47(42,43)29-36-25-22(26(37-29)35-18-9-10-39(5)28(18)40)16-13-44-12-15(16)21(24(25)33)23-17(32)7-8-19-20(23)14(11-34)27(46-19)38-30(41)45-31(2,3)4/h7-8,18H,6,9-10,12-13H2,1-5H3,(H,38,41)(H,35,36,37)/t18-/m1/s1. The van der Waals surface area contributed by atoms with Gasteiger partial charge in [0.25, 0.3) is 0 Å². The number of anilines is 2. The summed E-state index contributed by atoms with van der Waals surface area (Å²) < 4.78 is 70.6. The number of carbonyl (C=O) groups is 2. The Kier molecular flexibility index (Phi) is 8.05. The first-order valence-electron chi connectivity index (χ1n) is 14.7. The maximum atomic E-state index is 17.1. The van der Waals surface area contributed by atoms with E-state index < -0.39 is 49.9 Å². The molecule has 0 unspecified atom stereocenters. The first-order chi connectivity index (χ1) is 22.1. The molecule has 2 aromatic carbocycles. The highest BCUT2D eigenvalue weighted by Crippen LogP contribution is 2.48. The van der Waals surface area contributed by atoms with Gasteiger partial charge in [0.2, 0.25) is 20.9 Å². The third-order valence-corrected chi connectivity index (χ3v) is 10.5. The Balaban J connectivity index is 1.64. The van der Waals surface area contributed by atoms with Gasteiger partial charge in [0.1, 0.15) is 39.9 Å². The summed E-state index contributed by atoms with van der Waals surface area (Å²) in [5.41, 5.74) is -1.24. The van der Waals surface area contributed by atoms with Crippen LogP contribution in [0, 0.1) is 23.0 Å². The number of likely N-dealkylation sites (N-methyl/N-ethyl adjacent to an activating group) is 1. The van der Waals surface area contributed by atoms with Gasteiger partial charge in [-0.25, -0.2) is 32.0 Å². The van der Waals surface area contributed by atoms with Gasteiger partial charge in [0.15, 0.2) is 5.82 Å². The normalized spacial score (nSPS) is 16.5. The molecule has 6 rings (SSSR count). The summed E-state index contributed by atoms with van der Waals surface area (Å²) in [6.07, 6.45) is -0.431. The number of benzene rings is 2. The fraction of sp³-hybridized carbons (Fsp3) is 0.387. The SMILES string of the molecule is CCS(=O)(=O)c1nc(N[C@@H]2CCN(C)C2=O)c2c3c(c(-c4c(F)ccc5sc(NC(=O)OC(C)(C)C)c(C#N)c45)c(F)c2n1)COC3. The van der Waals surface area contributed by atoms with Crippen LogP contribution in [0.4, 0.5) is 24.4 Å². The van der Waals surface area contributed by atoms with E-state index in [-0.39, 0.29) is 68.7 Å². The molecule has 0 bridgehead atoms. The molecule has 4 aromatic rings. The van der Waals surface area contributed by atoms with Crippen LogP contribution in [0.1, 0.15) is 50.8 Å². The van der Waals surface area contributed by atoms with Gasteiger partial charge in [-0.2, -0.15) is 5.26 Å². The van der Waals surface area contributed by atoms with Crippen molar-refractivity contribution in [2.45, 2.75) is 64.1 Å². The predicted molar refractivity (Wildman–Crippen MR) is 171 cm³/mol. The highest BCUT2D eigenvalue weighted by Gasteiger charge is 2.35. The van der Waals surface area contributed by atoms with Crippen molar-refractivity contribution < 1.29 is 36.3 Å². The van der Waals surface area contributed by atoms with Crippen molar-refractivity contribution in [3.8, 4) is 17.2 Å². The zero-order valence-corrected chi connectivity index (χ0v) is 27.7. The minimum absolute atomic E-state index is 0.0457. The number of nitrogens with one attached hydrogen (secondary N) is 2. The van der Waals surface area contributed by atoms with Crippen LogP contribution < -0.4 is 10.6 Å². The Bertz CT molecular complexity index is 2160. The van der Waals surface area contributed by atoms with Gasteiger partial charge in [-0.1, -0.05) is 6.92 Å². The average Bonchev–Trinajstić information content (AvgIpc) is 3.70. The van der Waals surface area contributed by atoms with E-state index in [2.05, 4.69) is 20.6 Å². The van der Waals surface area contributed by atoms with E-state index >= 15 is 8.78 Å². The van der Waals surface area contributed by atoms with E-state index in [1.165, 1.54) is 17.9 Å². The molecule has 246 valence electrons. The number of fused-ring (bicyclic) bond motifs is 4. The van der Waals surface area contributed by atoms with E-state index in [1.807, 2.05) is 6.07 Å². The maximum Gasteiger partial charge on any atom is 0.412 e. The van der Waals surface area contributed by atoms with Crippen LogP contribution in [-0.2, 0) is 37.3 Å². The monoisotopic (exact) mass is 684 g/mol. The van der Waals surface area contributed by atoms with E-state index in [0.29, 0.717) is 23.2 Å². The second kappa shape index (κ2) is 11.7. The molecule has 47 heavy (non-hydrogen) atoms. The molecule has 16 heteroatoms. The molecule has 0 saturated carbocycles. The lowest BCUT2D eigenvalue weighted by molar-refractivity contribution is -0.127. The number of nitriles is 1. The van der Waals surface area contributed by atoms with Gasteiger partial charge in [0, 0.05) is 34.8 Å². The van der Waals surface area contributed by atoms with E-state index in [9.17, 15) is 23.3 Å². The molecule has 0 aliphatic carbocycles. The minimum atomic E-state index is -4.08. The molecule has 2 aliphatic heterocycles. The number of halogens is 2. The number of thiophene rings is 1. The van der Waals surface area contributed by atoms with Crippen molar-refractivity contribution in [1.82, 2.24) is 14.9 Å². The third kappa shape index (κ3) is 5.62. The van der Waals surface area contributed by atoms with Crippen LogP contribution in [0.15, 0.2) is 17.3 Å². The van der Waals surface area contributed by atoms with Crippen LogP contribution in [0.3, 0.4) is 0 Å². The summed E-state index contributed by atoms with van der Waals surface area (Å²) >= 11 is 0.987. The second-order valence-electron chi connectivity index (χ2n) is 12.2. The van der Waals surface area contributed by atoms with Gasteiger partial charge in [-0.05, 0) is 50.5 Å². The number of sulfone groups is 1. The highest BCUT2D eigenvalue weighted by atomic mass is 32.2. The van der Waals surface area contributed by atoms with Crippen molar-refractivity contribution >= 4 is 65.0 Å². The number of nitrogens with zero attached hydrogens (tertiary/aromatic N) is 4. The van der Waals surface area contributed by atoms with Crippen LogP contribution in [-0.4, -0.2) is 66.3 Å². The first-order valence-corrected chi connectivity index (χ1v) is 17.1. The fourth-order valence-corrected chi connectivity index (χ4v) is 7.53. The summed E-state index contributed by atoms with van der Waals surface area (Å²) in [4.78, 5) is 35.3. The van der Waals surface area contributed by atoms with Gasteiger partial charge < -0.3 is 19.7 Å². The van der Waals surface area contributed by atoms with E-state index in [1.54, 1.807) is 27.8 Å². The van der Waals surface area contributed by atoms with Crippen molar-refractivity contribution in [1.29, 1.82) is 5.26 Å². The van der Waals surface area contributed by atoms with E-state index in [4.69, 9.17) is 9.47 Å². The number of ether oxygens (including phenoxy) is 2. The van der Waals surface area contributed by atoms with E-state index in [0.717, 1.165) is 17.4 Å². The third-order valence-electron chi connectivity index (χ3n) is 7.95. The summed E-state index contributed by atoms with van der Waals surface area (Å²) in [7, 11) is -2.44. The molecule has 0 radical (unpaired) electrons. The summed E-state index contributed by atoms with van der Waals surface area (Å²) in [5, 5.41) is 15.4. The Morgan fingerprint density at radius 3 is 2.55 bits per heavy atom. The molecule has 12 nitrogen and oxygen atoms in total. The summed E-state index contributed by atoms with van der Waals surface area (Å²) in [6.45, 7) is 6.67. The van der Waals surface area contributed by atoms with Crippen LogP contribution in [0.5, 0.6) is 0 Å². The molecular weight excluding hydrogens is 655 g/mol. The zero-order valence-electron chi connectivity index (χ0n) is 26.1. The molecule has 1 fully saturated rings. The molecule has 4 heterocycles. The number of rotatable bonds is 6. The van der Waals surface area contributed by atoms with Crippen molar-refractivity contribution in [2.75, 3.05) is 30.0 Å². The van der Waals surface area contributed by atoms with Gasteiger partial charge >= 0.3 is 6.09 Å². The minimum Gasteiger partial charge on any atom is -0.444 e. The number of hydrogen-bond acceptors (Lipinski definition) is 11. The van der Waals surface area contributed by atoms with Gasteiger partial charge in [-0.15, -0.1) is 11.3 Å². The molecule has 2 aromatic heterocycles. The average molecular weight is 685 g/mol. The van der Waals surface area contributed by atoms with Gasteiger partial charge in [0.05, 0.1) is 29.9 Å². The lowest BCUT2D eigenvalue weighted by Crippen LogP contribution is -2.31. The molecule has 0 spiro atoms. The lowest BCUT2D eigenvalue weighted by atomic mass is 9.90. The Morgan fingerprint density at radius 1 is 1.19 bits per heavy atom. The van der Waals surface area contributed by atoms with Crippen molar-refractivity contribution in [3.63, 3.8) is 0 Å². The second-order valence-corrected chi connectivity index (χ2v) is 15.4. The molecule has 2 N–H and O–H groups in total. The number of likely N-dealkylation sites (tertiary alicyclic amines) is 1. The topological polar surface area (TPSA) is 164 Å². The molecule has 2 aliphatic rings. The maximum absolute atomic E-state index is 17.1. The van der Waals surface area contributed by atoms with Crippen LogP contribution >= 0.6 is 11.3 Å². The Hall–Kier alpha value is -4.46. The Morgan fingerprint density at radius 2 is 1.91 bits per heavy atom. The number of carbonyl (C=O) groups excluding carboxylic acids is 2. The fourth-order valence-electron chi connectivity index (χ4n) is 5.77. The number of aromatic nitrogens is 2. The predicted octanol–water partition coefficient (Wildman–Crippen LogP) is 5.47. The lowest BCUT2D eigenvalue weighted by Gasteiger charge is -2.20. The largest absolute Gasteiger partial charge is 0.444 e. The zero-order chi connectivity index (χ0) is 34.0. The van der Waals surface area contributed by atoms with Gasteiger partial charge in [-0.3, -0.25) is 10.1 Å². The molecule has 1 saturated heterocycles. The Labute approximate surface area is 272 Å². The smallest absolute Gasteiger partial charge is 0.412 e. The molecule has 2 amide bonds. The van der Waals surface area contributed by atoms with Crippen molar-refractivity contribution in [2.24, 2.45) is 0 Å². The van der Waals surface area contributed by atoms with Crippen LogP contribution in [0.2, 0.25) is 0 Å². The molecule has 1 atom stereocenters. The highest BCUT2D eigenvalue weighted by molar-refractivity contribution is 7.91. The number of amides is 2. The van der Waals surface area contributed by atoms with Crippen molar-refractivity contribution in [3.05, 3.63) is 40.5 Å². The quantitative estimate of drug-likeness (QED) is 0.249. The summed E-state index contributed by atoms with van der Waals surface area (Å²) in [6, 6.07) is 3.81. The molecular formula is C31H30F2N6O6S2. The van der Waals surface area contributed by atoms with Crippen LogP contribution in [0.25, 0.3) is 32.1 Å². The first kappa shape index (κ1) is 32.5.